The summed E-state index contributed by atoms with van der Waals surface area (Å²) in [6.07, 6.45) is 0.530. The van der Waals surface area contributed by atoms with Gasteiger partial charge in [-0.2, -0.15) is 0 Å². The molecule has 1 N–H and O–H groups in total. The van der Waals surface area contributed by atoms with Gasteiger partial charge in [0, 0.05) is 12.6 Å². The van der Waals surface area contributed by atoms with E-state index in [4.69, 9.17) is 14.2 Å². The normalized spacial score (nSPS) is 13.3. The maximum atomic E-state index is 13.4. The second-order valence-corrected chi connectivity index (χ2v) is 7.67. The van der Waals surface area contributed by atoms with Gasteiger partial charge in [-0.15, -0.1) is 0 Å². The van der Waals surface area contributed by atoms with Crippen LogP contribution < -0.4 is 19.5 Å². The number of methoxy groups -OCH3 is 3. The molecule has 0 saturated heterocycles. The fraction of sp³-hybridized carbons (Fsp3) is 0.185. The quantitative estimate of drug-likeness (QED) is 0.486. The molecule has 0 atom stereocenters. The van der Waals surface area contributed by atoms with Crippen molar-refractivity contribution < 1.29 is 23.8 Å². The van der Waals surface area contributed by atoms with Gasteiger partial charge in [-0.3, -0.25) is 14.5 Å². The molecule has 0 aliphatic carbocycles. The molecule has 2 amide bonds. The van der Waals surface area contributed by atoms with E-state index in [1.54, 1.807) is 32.4 Å². The summed E-state index contributed by atoms with van der Waals surface area (Å²) >= 11 is 0. The van der Waals surface area contributed by atoms with Crippen LogP contribution in [-0.2, 0) is 16.0 Å². The highest BCUT2D eigenvalue weighted by Crippen LogP contribution is 2.35. The summed E-state index contributed by atoms with van der Waals surface area (Å²) in [5.74, 6) is 1.16. The molecule has 0 bridgehead atoms. The Morgan fingerprint density at radius 1 is 0.765 bits per heavy atom. The Morgan fingerprint density at radius 2 is 1.44 bits per heavy atom. The predicted molar refractivity (Wildman–Crippen MR) is 130 cm³/mol. The minimum absolute atomic E-state index is 0.217. The summed E-state index contributed by atoms with van der Waals surface area (Å²) in [4.78, 5) is 28.2. The minimum Gasteiger partial charge on any atom is -0.497 e. The molecular formula is C27H26N2O5. The lowest BCUT2D eigenvalue weighted by Crippen LogP contribution is -2.34. The largest absolute Gasteiger partial charge is 0.497 e. The summed E-state index contributed by atoms with van der Waals surface area (Å²) in [5.41, 5.74) is 2.78. The lowest BCUT2D eigenvalue weighted by molar-refractivity contribution is -0.136. The number of hydrogen-bond donors (Lipinski definition) is 1. The number of benzene rings is 3. The van der Waals surface area contributed by atoms with Gasteiger partial charge in [-0.1, -0.05) is 42.5 Å². The topological polar surface area (TPSA) is 77.1 Å². The van der Waals surface area contributed by atoms with E-state index in [9.17, 15) is 9.59 Å². The number of hydrogen-bond acceptors (Lipinski definition) is 6. The molecule has 34 heavy (non-hydrogen) atoms. The van der Waals surface area contributed by atoms with E-state index in [0.29, 0.717) is 34.7 Å². The lowest BCUT2D eigenvalue weighted by Gasteiger charge is -2.16. The Bertz CT molecular complexity index is 1220. The van der Waals surface area contributed by atoms with Crippen LogP contribution in [0.15, 0.2) is 78.5 Å². The number of imide groups is 1. The first-order valence-electron chi connectivity index (χ1n) is 10.8. The third-order valence-electron chi connectivity index (χ3n) is 5.68. The standard InChI is InChI=1S/C27H26N2O5/c1-32-20-11-9-18(10-12-20)15-16-29-26(30)24(19-7-5-4-6-8-19)25(27(29)31)28-22-14-13-21(33-2)17-23(22)34-3/h4-14,17,28H,15-16H2,1-3H3. The molecule has 0 saturated carbocycles. The molecule has 0 fully saturated rings. The van der Waals surface area contributed by atoms with Crippen LogP contribution in [0.4, 0.5) is 5.69 Å². The third-order valence-corrected chi connectivity index (χ3v) is 5.68. The Kier molecular flexibility index (Phi) is 6.82. The number of carbonyl (C=O) groups excluding carboxylic acids is 2. The molecular weight excluding hydrogens is 432 g/mol. The van der Waals surface area contributed by atoms with Gasteiger partial charge >= 0.3 is 0 Å². The van der Waals surface area contributed by atoms with Crippen LogP contribution in [-0.4, -0.2) is 44.6 Å². The van der Waals surface area contributed by atoms with Crippen LogP contribution in [0, 0.1) is 0 Å². The van der Waals surface area contributed by atoms with Crippen LogP contribution in [0.5, 0.6) is 17.2 Å². The zero-order chi connectivity index (χ0) is 24.1. The van der Waals surface area contributed by atoms with Gasteiger partial charge in [0.15, 0.2) is 0 Å². The Morgan fingerprint density at radius 3 is 2.09 bits per heavy atom. The summed E-state index contributed by atoms with van der Waals surface area (Å²) in [7, 11) is 4.71. The highest BCUT2D eigenvalue weighted by molar-refractivity contribution is 6.36. The van der Waals surface area contributed by atoms with E-state index in [-0.39, 0.29) is 24.1 Å². The van der Waals surface area contributed by atoms with Crippen LogP contribution in [0.1, 0.15) is 11.1 Å². The molecule has 7 heteroatoms. The van der Waals surface area contributed by atoms with E-state index < -0.39 is 0 Å². The SMILES string of the molecule is COc1ccc(CCN2C(=O)C(Nc3ccc(OC)cc3OC)=C(c3ccccc3)C2=O)cc1. The van der Waals surface area contributed by atoms with Crippen molar-refractivity contribution in [1.29, 1.82) is 0 Å². The van der Waals surface area contributed by atoms with Crippen molar-refractivity contribution in [2.45, 2.75) is 6.42 Å². The van der Waals surface area contributed by atoms with Crippen LogP contribution >= 0.6 is 0 Å². The monoisotopic (exact) mass is 458 g/mol. The number of carbonyl (C=O) groups is 2. The Labute approximate surface area is 198 Å². The van der Waals surface area contributed by atoms with Gasteiger partial charge < -0.3 is 19.5 Å². The van der Waals surface area contributed by atoms with E-state index in [1.165, 1.54) is 12.0 Å². The Balaban J connectivity index is 1.64. The number of nitrogens with zero attached hydrogens (tertiary/aromatic N) is 1. The number of nitrogens with one attached hydrogen (secondary N) is 1. The summed E-state index contributed by atoms with van der Waals surface area (Å²) < 4.78 is 15.9. The van der Waals surface area contributed by atoms with Gasteiger partial charge in [0.05, 0.1) is 32.6 Å². The molecule has 4 rings (SSSR count). The van der Waals surface area contributed by atoms with E-state index >= 15 is 0 Å². The Hall–Kier alpha value is -4.26. The van der Waals surface area contributed by atoms with Gasteiger partial charge in [0.1, 0.15) is 22.9 Å². The van der Waals surface area contributed by atoms with Gasteiger partial charge in [-0.05, 0) is 41.8 Å². The van der Waals surface area contributed by atoms with Crippen molar-refractivity contribution in [3.63, 3.8) is 0 Å². The summed E-state index contributed by atoms with van der Waals surface area (Å²) in [5, 5.41) is 3.15. The highest BCUT2D eigenvalue weighted by Gasteiger charge is 2.39. The molecule has 1 aliphatic rings. The van der Waals surface area contributed by atoms with Crippen molar-refractivity contribution in [3.8, 4) is 17.2 Å². The predicted octanol–water partition coefficient (Wildman–Crippen LogP) is 4.15. The molecule has 1 heterocycles. The smallest absolute Gasteiger partial charge is 0.278 e. The maximum absolute atomic E-state index is 13.4. The maximum Gasteiger partial charge on any atom is 0.278 e. The van der Waals surface area contributed by atoms with Crippen molar-refractivity contribution in [2.75, 3.05) is 33.2 Å². The molecule has 0 radical (unpaired) electrons. The number of ether oxygens (including phenoxy) is 3. The first-order chi connectivity index (χ1) is 16.5. The van der Waals surface area contributed by atoms with Crippen LogP contribution in [0.2, 0.25) is 0 Å². The van der Waals surface area contributed by atoms with Gasteiger partial charge in [0.25, 0.3) is 11.8 Å². The van der Waals surface area contributed by atoms with Crippen molar-refractivity contribution >= 4 is 23.1 Å². The molecule has 7 nitrogen and oxygen atoms in total. The van der Waals surface area contributed by atoms with E-state index in [1.807, 2.05) is 54.6 Å². The van der Waals surface area contributed by atoms with Gasteiger partial charge in [-0.25, -0.2) is 0 Å². The molecule has 0 spiro atoms. The van der Waals surface area contributed by atoms with Gasteiger partial charge in [0.2, 0.25) is 0 Å². The second kappa shape index (κ2) is 10.1. The van der Waals surface area contributed by atoms with E-state index in [0.717, 1.165) is 11.3 Å². The first-order valence-corrected chi connectivity index (χ1v) is 10.8. The average Bonchev–Trinajstić information content (AvgIpc) is 3.12. The third kappa shape index (κ3) is 4.59. The second-order valence-electron chi connectivity index (χ2n) is 7.67. The fourth-order valence-electron chi connectivity index (χ4n) is 3.84. The zero-order valence-electron chi connectivity index (χ0n) is 19.3. The zero-order valence-corrected chi connectivity index (χ0v) is 19.3. The summed E-state index contributed by atoms with van der Waals surface area (Å²) in [6, 6.07) is 22.0. The molecule has 3 aromatic carbocycles. The fourth-order valence-corrected chi connectivity index (χ4v) is 3.84. The molecule has 0 aromatic heterocycles. The average molecular weight is 459 g/mol. The molecule has 174 valence electrons. The molecule has 0 unspecified atom stereocenters. The molecule has 3 aromatic rings. The first kappa shape index (κ1) is 22.9. The van der Waals surface area contributed by atoms with Crippen molar-refractivity contribution in [2.24, 2.45) is 0 Å². The number of anilines is 1. The van der Waals surface area contributed by atoms with E-state index in [2.05, 4.69) is 5.32 Å². The minimum atomic E-state index is -0.379. The van der Waals surface area contributed by atoms with Crippen molar-refractivity contribution in [3.05, 3.63) is 89.6 Å². The molecule has 1 aliphatic heterocycles. The highest BCUT2D eigenvalue weighted by atomic mass is 16.5. The number of amides is 2. The number of rotatable bonds is 9. The van der Waals surface area contributed by atoms with Crippen LogP contribution in [0.25, 0.3) is 5.57 Å². The summed E-state index contributed by atoms with van der Waals surface area (Å²) in [6.45, 7) is 0.255. The lowest BCUT2D eigenvalue weighted by atomic mass is 10.0. The van der Waals surface area contributed by atoms with Crippen molar-refractivity contribution in [1.82, 2.24) is 4.90 Å². The van der Waals surface area contributed by atoms with Crippen LogP contribution in [0.3, 0.4) is 0 Å².